The van der Waals surface area contributed by atoms with Crippen LogP contribution in [0.25, 0.3) is 0 Å². The van der Waals surface area contributed by atoms with Crippen LogP contribution in [0, 0.1) is 35.5 Å². The van der Waals surface area contributed by atoms with Crippen molar-refractivity contribution >= 4 is 35.8 Å². The Kier molecular flexibility index (Phi) is 24.9. The van der Waals surface area contributed by atoms with Crippen molar-refractivity contribution in [3.63, 3.8) is 0 Å². The van der Waals surface area contributed by atoms with Gasteiger partial charge in [-0.15, -0.1) is 0 Å². The van der Waals surface area contributed by atoms with E-state index >= 15 is 4.79 Å². The van der Waals surface area contributed by atoms with Gasteiger partial charge in [-0.2, -0.15) is 0 Å². The van der Waals surface area contributed by atoms with Crippen LogP contribution in [-0.4, -0.2) is 142 Å². The third kappa shape index (κ3) is 17.8. The third-order valence-electron chi connectivity index (χ3n) is 19.5. The summed E-state index contributed by atoms with van der Waals surface area (Å²) in [6, 6.07) is 59.9. The number of carbonyl (C=O) groups excluding carboxylic acids is 6. The normalized spacial score (nSPS) is 29.6. The van der Waals surface area contributed by atoms with Crippen LogP contribution in [0.2, 0.25) is 0 Å². The maximum atomic E-state index is 15.0. The zero-order chi connectivity index (χ0) is 70.2. The zero-order valence-corrected chi connectivity index (χ0v) is 57.0. The van der Waals surface area contributed by atoms with Gasteiger partial charge in [0.25, 0.3) is 0 Å². The monoisotopic (exact) mass is 1370 g/mol. The summed E-state index contributed by atoms with van der Waals surface area (Å²) in [5, 5.41) is 0. The maximum Gasteiger partial charge on any atom is 0.338 e. The molecule has 20 heteroatoms. The van der Waals surface area contributed by atoms with Crippen LogP contribution in [0.15, 0.2) is 212 Å². The Labute approximate surface area is 582 Å². The first-order valence-corrected chi connectivity index (χ1v) is 34.2. The van der Waals surface area contributed by atoms with Gasteiger partial charge in [-0.3, -0.25) is 0 Å². The third-order valence-corrected chi connectivity index (χ3v) is 19.5. The molecule has 4 fully saturated rings. The largest absolute Gasteiger partial charge is 0.459 e. The van der Waals surface area contributed by atoms with Gasteiger partial charge in [0.1, 0.15) is 50.3 Å². The molecular formula is C80H86O20. The molecule has 4 aliphatic heterocycles. The standard InChI is InChI=1S/C80H86O20/c1-8-61-48(2)50(4)67(77(91-61)90-44-54-30-16-9-17-31-54)100-80-70(97-76(86)60-42-28-15-29-43-60)66(53(7)64(94-80)47-89-73(83)57-36-22-12-23-37-57)99-79-69(96-75(85)59-40-26-14-27-41-59)65(52(6)63(93-79)46-88-72(82)56-34-20-11-21-35-56)98-78-68(95-74(84)58-38-24-13-25-39-58)51(5)49(3)62(92-78)45-87-71(81)55-32-18-10-19-33-55/h9-43,48-53,61-70,77-80H,8,44-47H2,1-7H3/t48-,49-,50+,51+,52+,53+,61?,62?,63?,64?,65+,66+,67?,68?,69?,70?,77-,78+,79+,80+/m1/s1. The molecule has 4 saturated heterocycles. The Morgan fingerprint density at radius 2 is 0.560 bits per heavy atom. The lowest BCUT2D eigenvalue weighted by Gasteiger charge is -2.51. The molecular weight excluding hydrogens is 1280 g/mol. The van der Waals surface area contributed by atoms with Crippen LogP contribution in [0.1, 0.15) is 123 Å². The fraction of sp³-hybridized carbons (Fsp3) is 0.400. The lowest BCUT2D eigenvalue weighted by Crippen LogP contribution is -2.65. The second-order valence-electron chi connectivity index (χ2n) is 25.9. The molecule has 20 nitrogen and oxygen atoms in total. The molecule has 526 valence electrons. The zero-order valence-electron chi connectivity index (χ0n) is 57.0. The Balaban J connectivity index is 1.02. The Hall–Kier alpha value is -8.96. The Bertz CT molecular complexity index is 3760. The van der Waals surface area contributed by atoms with E-state index in [1.807, 2.05) is 58.0 Å². The van der Waals surface area contributed by atoms with Crippen molar-refractivity contribution in [3.05, 3.63) is 251 Å². The van der Waals surface area contributed by atoms with Crippen LogP contribution in [-0.2, 0) is 72.9 Å². The highest BCUT2D eigenvalue weighted by Crippen LogP contribution is 2.43. The molecule has 0 aromatic heterocycles. The van der Waals surface area contributed by atoms with Gasteiger partial charge in [-0.1, -0.05) is 188 Å². The van der Waals surface area contributed by atoms with E-state index in [2.05, 4.69) is 6.92 Å². The number of carbonyl (C=O) groups is 6. The van der Waals surface area contributed by atoms with E-state index < -0.39 is 146 Å². The predicted octanol–water partition coefficient (Wildman–Crippen LogP) is 12.7. The fourth-order valence-corrected chi connectivity index (χ4v) is 13.1. The molecule has 0 spiro atoms. The summed E-state index contributed by atoms with van der Waals surface area (Å²) >= 11 is 0. The fourth-order valence-electron chi connectivity index (χ4n) is 13.1. The summed E-state index contributed by atoms with van der Waals surface area (Å²) in [7, 11) is 0. The summed E-state index contributed by atoms with van der Waals surface area (Å²) in [4.78, 5) is 86.0. The summed E-state index contributed by atoms with van der Waals surface area (Å²) in [5.74, 6) is -7.52. The van der Waals surface area contributed by atoms with Gasteiger partial charge in [0.2, 0.25) is 0 Å². The summed E-state index contributed by atoms with van der Waals surface area (Å²) in [6.45, 7) is 12.5. The predicted molar refractivity (Wildman–Crippen MR) is 363 cm³/mol. The molecule has 0 N–H and O–H groups in total. The number of esters is 6. The second-order valence-corrected chi connectivity index (χ2v) is 25.9. The van der Waals surface area contributed by atoms with E-state index in [1.165, 1.54) is 0 Å². The minimum absolute atomic E-state index is 0.1000. The van der Waals surface area contributed by atoms with Crippen molar-refractivity contribution in [3.8, 4) is 0 Å². The van der Waals surface area contributed by atoms with Crippen molar-refractivity contribution in [2.45, 2.75) is 148 Å². The first kappa shape index (κ1) is 72.3. The van der Waals surface area contributed by atoms with Crippen molar-refractivity contribution in [1.29, 1.82) is 0 Å². The number of ether oxygens (including phenoxy) is 14. The summed E-state index contributed by atoms with van der Waals surface area (Å²) in [6.07, 6.45) is -16.6. The first-order valence-electron chi connectivity index (χ1n) is 34.2. The van der Waals surface area contributed by atoms with E-state index in [4.69, 9.17) is 66.3 Å². The first-order chi connectivity index (χ1) is 48.5. The van der Waals surface area contributed by atoms with E-state index in [0.717, 1.165) is 5.56 Å². The van der Waals surface area contributed by atoms with E-state index in [0.29, 0.717) is 12.0 Å². The number of benzene rings is 7. The van der Waals surface area contributed by atoms with Gasteiger partial charge in [-0.05, 0) is 103 Å². The summed E-state index contributed by atoms with van der Waals surface area (Å²) < 4.78 is 94.5. The van der Waals surface area contributed by atoms with Crippen LogP contribution < -0.4 is 0 Å². The highest BCUT2D eigenvalue weighted by Gasteiger charge is 2.57. The lowest BCUT2D eigenvalue weighted by atomic mass is 9.82. The molecule has 0 radical (unpaired) electrons. The van der Waals surface area contributed by atoms with Gasteiger partial charge in [-0.25, -0.2) is 28.8 Å². The molecule has 0 amide bonds. The quantitative estimate of drug-likeness (QED) is 0.0382. The number of hydrogen-bond donors (Lipinski definition) is 0. The van der Waals surface area contributed by atoms with Crippen LogP contribution in [0.5, 0.6) is 0 Å². The highest BCUT2D eigenvalue weighted by molar-refractivity contribution is 5.92. The topological polar surface area (TPSA) is 232 Å². The molecule has 0 aliphatic carbocycles. The van der Waals surface area contributed by atoms with Crippen LogP contribution in [0.4, 0.5) is 0 Å². The van der Waals surface area contributed by atoms with Crippen molar-refractivity contribution in [1.82, 2.24) is 0 Å². The molecule has 8 unspecified atom stereocenters. The molecule has 4 heterocycles. The molecule has 7 aromatic rings. The Morgan fingerprint density at radius 3 is 0.910 bits per heavy atom. The highest BCUT2D eigenvalue weighted by atomic mass is 16.8. The van der Waals surface area contributed by atoms with Gasteiger partial charge in [0, 0.05) is 17.8 Å². The second kappa shape index (κ2) is 34.4. The maximum absolute atomic E-state index is 15.0. The van der Waals surface area contributed by atoms with Gasteiger partial charge >= 0.3 is 35.8 Å². The van der Waals surface area contributed by atoms with Crippen molar-refractivity contribution in [2.75, 3.05) is 19.8 Å². The molecule has 7 aromatic carbocycles. The Morgan fingerprint density at radius 1 is 0.290 bits per heavy atom. The molecule has 0 saturated carbocycles. The van der Waals surface area contributed by atoms with E-state index in [1.54, 1.807) is 196 Å². The van der Waals surface area contributed by atoms with Crippen molar-refractivity contribution < 1.29 is 95.1 Å². The van der Waals surface area contributed by atoms with E-state index in [9.17, 15) is 24.0 Å². The molecule has 4 aliphatic rings. The van der Waals surface area contributed by atoms with Gasteiger partial charge < -0.3 is 66.3 Å². The average Bonchev–Trinajstić information content (AvgIpc) is 0.764. The molecule has 100 heavy (non-hydrogen) atoms. The smallest absolute Gasteiger partial charge is 0.338 e. The number of hydrogen-bond acceptors (Lipinski definition) is 20. The molecule has 11 rings (SSSR count). The minimum atomic E-state index is -1.76. The molecule has 20 atom stereocenters. The average molecular weight is 1370 g/mol. The van der Waals surface area contributed by atoms with E-state index in [-0.39, 0.29) is 65.6 Å². The van der Waals surface area contributed by atoms with Crippen LogP contribution in [0.3, 0.4) is 0 Å². The molecule has 0 bridgehead atoms. The van der Waals surface area contributed by atoms with Crippen LogP contribution >= 0.6 is 0 Å². The lowest BCUT2D eigenvalue weighted by molar-refractivity contribution is -0.379. The summed E-state index contributed by atoms with van der Waals surface area (Å²) in [5.41, 5.74) is 2.25. The van der Waals surface area contributed by atoms with Gasteiger partial charge in [0.15, 0.2) is 43.5 Å². The number of rotatable bonds is 25. The van der Waals surface area contributed by atoms with Crippen molar-refractivity contribution in [2.24, 2.45) is 35.5 Å². The van der Waals surface area contributed by atoms with Gasteiger partial charge in [0.05, 0.1) is 52.2 Å². The SMILES string of the molecule is CCC1O[C@@H](OCc2ccccc2)C(O[C@@H]2OC(COC(=O)c3ccccc3)[C@H](C)[C@H](O[C@@H]3OC(COC(=O)c4ccccc4)[C@H](C)[C@H](O[C@@H]4OC(COC(=O)c5ccccc5)[C@H](C)[C@H](C)C4OC(=O)c4ccccc4)C3OC(=O)c3ccccc3)C2OC(=O)c2ccccc2)[C@@H](C)[C@H]1C. The minimum Gasteiger partial charge on any atom is -0.459 e.